The van der Waals surface area contributed by atoms with E-state index in [1.807, 2.05) is 0 Å². The number of nitrogens with zero attached hydrogens (tertiary/aromatic N) is 1. The first-order chi connectivity index (χ1) is 7.16. The van der Waals surface area contributed by atoms with Gasteiger partial charge >= 0.3 is 0 Å². The third-order valence-electron chi connectivity index (χ3n) is 3.68. The number of likely N-dealkylation sites (tertiary alicyclic amines) is 1. The number of carbonyl (C=O) groups is 1. The predicted molar refractivity (Wildman–Crippen MR) is 58.8 cm³/mol. The van der Waals surface area contributed by atoms with E-state index in [0.717, 1.165) is 39.0 Å². The Morgan fingerprint density at radius 1 is 1.40 bits per heavy atom. The number of rotatable bonds is 1. The highest BCUT2D eigenvalue weighted by molar-refractivity contribution is 5.81. The van der Waals surface area contributed by atoms with Gasteiger partial charge in [0.1, 0.15) is 5.78 Å². The molecule has 2 aliphatic heterocycles. The van der Waals surface area contributed by atoms with Crippen molar-refractivity contribution in [2.45, 2.75) is 45.3 Å². The molecule has 86 valence electrons. The van der Waals surface area contributed by atoms with Crippen molar-refractivity contribution in [3.8, 4) is 0 Å². The van der Waals surface area contributed by atoms with E-state index in [2.05, 4.69) is 18.7 Å². The lowest BCUT2D eigenvalue weighted by Crippen LogP contribution is -2.48. The third kappa shape index (κ3) is 2.58. The van der Waals surface area contributed by atoms with Crippen LogP contribution in [0.3, 0.4) is 0 Å². The maximum absolute atomic E-state index is 11.4. The van der Waals surface area contributed by atoms with Crippen molar-refractivity contribution in [2.75, 3.05) is 19.7 Å². The highest BCUT2D eigenvalue weighted by Gasteiger charge is 2.30. The summed E-state index contributed by atoms with van der Waals surface area (Å²) in [6.07, 6.45) is 3.38. The fourth-order valence-electron chi connectivity index (χ4n) is 2.68. The molecule has 0 saturated carbocycles. The van der Waals surface area contributed by atoms with Crippen LogP contribution < -0.4 is 0 Å². The first kappa shape index (κ1) is 11.1. The Balaban J connectivity index is 1.90. The Hall–Kier alpha value is -0.410. The summed E-state index contributed by atoms with van der Waals surface area (Å²) in [5, 5.41) is 0. The molecule has 0 spiro atoms. The Morgan fingerprint density at radius 3 is 2.87 bits per heavy atom. The van der Waals surface area contributed by atoms with Crippen molar-refractivity contribution in [3.05, 3.63) is 0 Å². The van der Waals surface area contributed by atoms with Crippen molar-refractivity contribution in [3.63, 3.8) is 0 Å². The molecular formula is C12H21NO2. The van der Waals surface area contributed by atoms with E-state index in [1.165, 1.54) is 0 Å². The molecule has 0 aromatic heterocycles. The van der Waals surface area contributed by atoms with Gasteiger partial charge in [0.05, 0.1) is 6.10 Å². The van der Waals surface area contributed by atoms with Crippen LogP contribution in [0.2, 0.25) is 0 Å². The van der Waals surface area contributed by atoms with Gasteiger partial charge in [-0.05, 0) is 19.8 Å². The highest BCUT2D eigenvalue weighted by Crippen LogP contribution is 2.23. The normalized spacial score (nSPS) is 39.3. The van der Waals surface area contributed by atoms with Crippen LogP contribution in [0, 0.1) is 5.92 Å². The molecule has 0 amide bonds. The van der Waals surface area contributed by atoms with Crippen LogP contribution in [0.5, 0.6) is 0 Å². The summed E-state index contributed by atoms with van der Waals surface area (Å²) in [5.41, 5.74) is 0. The average Bonchev–Trinajstić information content (AvgIpc) is 2.22. The molecule has 0 N–H and O–H groups in total. The molecule has 2 saturated heterocycles. The fraction of sp³-hybridized carbons (Fsp3) is 0.917. The maximum Gasteiger partial charge on any atom is 0.138 e. The first-order valence-corrected chi connectivity index (χ1v) is 6.05. The molecule has 0 radical (unpaired) electrons. The standard InChI is InChI=1S/C12H21NO2/c1-9-8-13(5-3-12(9)14)11-4-6-15-10(2)7-11/h9-11H,3-8H2,1-2H3. The minimum Gasteiger partial charge on any atom is -0.378 e. The van der Waals surface area contributed by atoms with Gasteiger partial charge in [0, 0.05) is 38.1 Å². The Kier molecular flexibility index (Phi) is 3.42. The van der Waals surface area contributed by atoms with Crippen LogP contribution in [0.4, 0.5) is 0 Å². The number of hydrogen-bond donors (Lipinski definition) is 0. The molecule has 2 heterocycles. The van der Waals surface area contributed by atoms with Gasteiger partial charge in [-0.2, -0.15) is 0 Å². The van der Waals surface area contributed by atoms with Crippen LogP contribution in [-0.2, 0) is 9.53 Å². The molecule has 0 aliphatic carbocycles. The van der Waals surface area contributed by atoms with E-state index in [1.54, 1.807) is 0 Å². The van der Waals surface area contributed by atoms with Gasteiger partial charge in [0.25, 0.3) is 0 Å². The molecule has 2 rings (SSSR count). The number of piperidine rings is 1. The minimum absolute atomic E-state index is 0.233. The quantitative estimate of drug-likeness (QED) is 0.657. The van der Waals surface area contributed by atoms with Crippen molar-refractivity contribution in [2.24, 2.45) is 5.92 Å². The summed E-state index contributed by atoms with van der Waals surface area (Å²) >= 11 is 0. The lowest BCUT2D eigenvalue weighted by Gasteiger charge is -2.40. The van der Waals surface area contributed by atoms with E-state index < -0.39 is 0 Å². The van der Waals surface area contributed by atoms with Gasteiger partial charge in [-0.1, -0.05) is 6.92 Å². The summed E-state index contributed by atoms with van der Waals surface area (Å²) in [6.45, 7) is 6.99. The summed E-state index contributed by atoms with van der Waals surface area (Å²) in [4.78, 5) is 13.9. The third-order valence-corrected chi connectivity index (χ3v) is 3.68. The molecular weight excluding hydrogens is 190 g/mol. The Morgan fingerprint density at radius 2 is 2.20 bits per heavy atom. The SMILES string of the molecule is CC1CC(N2CCC(=O)C(C)C2)CCO1. The van der Waals surface area contributed by atoms with E-state index in [4.69, 9.17) is 4.74 Å². The molecule has 2 fully saturated rings. The summed E-state index contributed by atoms with van der Waals surface area (Å²) < 4.78 is 5.55. The second-order valence-corrected chi connectivity index (χ2v) is 4.97. The van der Waals surface area contributed by atoms with Gasteiger partial charge in [0.2, 0.25) is 0 Å². The zero-order chi connectivity index (χ0) is 10.8. The topological polar surface area (TPSA) is 29.5 Å². The molecule has 3 atom stereocenters. The van der Waals surface area contributed by atoms with Gasteiger partial charge in [-0.25, -0.2) is 0 Å². The molecule has 0 aromatic carbocycles. The van der Waals surface area contributed by atoms with Crippen LogP contribution in [-0.4, -0.2) is 42.5 Å². The molecule has 3 unspecified atom stereocenters. The average molecular weight is 211 g/mol. The molecule has 0 aromatic rings. The van der Waals surface area contributed by atoms with Gasteiger partial charge in [0.15, 0.2) is 0 Å². The number of ether oxygens (including phenoxy) is 1. The van der Waals surface area contributed by atoms with E-state index in [0.29, 0.717) is 17.9 Å². The predicted octanol–water partition coefficient (Wildman–Crippen LogP) is 1.46. The van der Waals surface area contributed by atoms with E-state index in [-0.39, 0.29) is 5.92 Å². The highest BCUT2D eigenvalue weighted by atomic mass is 16.5. The van der Waals surface area contributed by atoms with Crippen LogP contribution >= 0.6 is 0 Å². The largest absolute Gasteiger partial charge is 0.378 e. The van der Waals surface area contributed by atoms with Crippen LogP contribution in [0.1, 0.15) is 33.1 Å². The summed E-state index contributed by atoms with van der Waals surface area (Å²) in [5.74, 6) is 0.670. The van der Waals surface area contributed by atoms with Crippen molar-refractivity contribution in [1.82, 2.24) is 4.90 Å². The number of Topliss-reactive ketones (excluding diaryl/α,β-unsaturated/α-hetero) is 1. The second kappa shape index (κ2) is 4.62. The maximum atomic E-state index is 11.4. The minimum atomic E-state index is 0.233. The molecule has 3 heteroatoms. The van der Waals surface area contributed by atoms with Gasteiger partial charge < -0.3 is 4.74 Å². The summed E-state index contributed by atoms with van der Waals surface area (Å²) in [6, 6.07) is 0.643. The number of carbonyl (C=O) groups excluding carboxylic acids is 1. The monoisotopic (exact) mass is 211 g/mol. The Bertz CT molecular complexity index is 242. The van der Waals surface area contributed by atoms with Crippen molar-refractivity contribution < 1.29 is 9.53 Å². The summed E-state index contributed by atoms with van der Waals surface area (Å²) in [7, 11) is 0. The van der Waals surface area contributed by atoms with Crippen LogP contribution in [0.15, 0.2) is 0 Å². The first-order valence-electron chi connectivity index (χ1n) is 6.05. The zero-order valence-electron chi connectivity index (χ0n) is 9.74. The number of hydrogen-bond acceptors (Lipinski definition) is 3. The van der Waals surface area contributed by atoms with Gasteiger partial charge in [-0.15, -0.1) is 0 Å². The van der Waals surface area contributed by atoms with Gasteiger partial charge in [-0.3, -0.25) is 9.69 Å². The van der Waals surface area contributed by atoms with E-state index >= 15 is 0 Å². The molecule has 3 nitrogen and oxygen atoms in total. The molecule has 2 aliphatic rings. The van der Waals surface area contributed by atoms with Crippen molar-refractivity contribution in [1.29, 1.82) is 0 Å². The van der Waals surface area contributed by atoms with Crippen molar-refractivity contribution >= 4 is 5.78 Å². The Labute approximate surface area is 91.8 Å². The molecule has 0 bridgehead atoms. The second-order valence-electron chi connectivity index (χ2n) is 4.97. The fourth-order valence-corrected chi connectivity index (χ4v) is 2.68. The number of ketones is 1. The van der Waals surface area contributed by atoms with E-state index in [9.17, 15) is 4.79 Å². The molecule has 15 heavy (non-hydrogen) atoms. The zero-order valence-corrected chi connectivity index (χ0v) is 9.74. The lowest BCUT2D eigenvalue weighted by molar-refractivity contribution is -0.127. The van der Waals surface area contributed by atoms with Crippen LogP contribution in [0.25, 0.3) is 0 Å². The smallest absolute Gasteiger partial charge is 0.138 e. The lowest BCUT2D eigenvalue weighted by atomic mass is 9.94.